The smallest absolute Gasteiger partial charge is 0.323 e. The highest BCUT2D eigenvalue weighted by Gasteiger charge is 2.21. The zero-order valence-electron chi connectivity index (χ0n) is 13.2. The van der Waals surface area contributed by atoms with Gasteiger partial charge in [0.2, 0.25) is 0 Å². The molecule has 118 valence electrons. The highest BCUT2D eigenvalue weighted by atomic mass is 32.1. The number of carbonyl (C=O) groups excluding carboxylic acids is 1. The van der Waals surface area contributed by atoms with Gasteiger partial charge in [-0.05, 0) is 38.6 Å². The lowest BCUT2D eigenvalue weighted by atomic mass is 10.0. The van der Waals surface area contributed by atoms with Crippen molar-refractivity contribution in [1.29, 1.82) is 0 Å². The minimum Gasteiger partial charge on any atom is -0.324 e. The quantitative estimate of drug-likeness (QED) is 0.875. The minimum absolute atomic E-state index is 0.0170. The van der Waals surface area contributed by atoms with Crippen LogP contribution in [0.25, 0.3) is 0 Å². The summed E-state index contributed by atoms with van der Waals surface area (Å²) in [6, 6.07) is 0.207. The van der Waals surface area contributed by atoms with Gasteiger partial charge in [-0.2, -0.15) is 0 Å². The molecule has 5 nitrogen and oxygen atoms in total. The number of nitrogens with zero attached hydrogens (tertiary/aromatic N) is 2. The Labute approximate surface area is 131 Å². The molecule has 1 aromatic rings. The third-order valence-corrected chi connectivity index (χ3v) is 4.60. The van der Waals surface area contributed by atoms with E-state index in [1.807, 2.05) is 10.3 Å². The maximum Gasteiger partial charge on any atom is 0.323 e. The number of anilines is 1. The van der Waals surface area contributed by atoms with Gasteiger partial charge in [0, 0.05) is 24.5 Å². The molecule has 0 saturated carbocycles. The SMILES string of the molecule is CCCNC(C)c1csc(NC(=O)N2CCCC(C)C2)n1. The number of amides is 2. The van der Waals surface area contributed by atoms with E-state index in [1.165, 1.54) is 17.8 Å². The van der Waals surface area contributed by atoms with Crippen molar-refractivity contribution in [2.45, 2.75) is 46.1 Å². The zero-order valence-corrected chi connectivity index (χ0v) is 14.0. The van der Waals surface area contributed by atoms with E-state index >= 15 is 0 Å². The van der Waals surface area contributed by atoms with Crippen molar-refractivity contribution < 1.29 is 4.79 Å². The Hall–Kier alpha value is -1.14. The molecule has 0 radical (unpaired) electrons. The van der Waals surface area contributed by atoms with Gasteiger partial charge < -0.3 is 10.2 Å². The van der Waals surface area contributed by atoms with Crippen LogP contribution in [0.2, 0.25) is 0 Å². The first kappa shape index (κ1) is 16.2. The molecule has 1 fully saturated rings. The van der Waals surface area contributed by atoms with E-state index in [0.29, 0.717) is 11.0 Å². The van der Waals surface area contributed by atoms with Gasteiger partial charge in [-0.15, -0.1) is 11.3 Å². The van der Waals surface area contributed by atoms with E-state index in [-0.39, 0.29) is 12.1 Å². The van der Waals surface area contributed by atoms with Crippen LogP contribution >= 0.6 is 11.3 Å². The molecule has 2 N–H and O–H groups in total. The number of hydrogen-bond acceptors (Lipinski definition) is 4. The van der Waals surface area contributed by atoms with E-state index in [2.05, 4.69) is 36.4 Å². The van der Waals surface area contributed by atoms with Crippen LogP contribution in [0.15, 0.2) is 5.38 Å². The van der Waals surface area contributed by atoms with Crippen molar-refractivity contribution in [1.82, 2.24) is 15.2 Å². The second kappa shape index (κ2) is 7.75. The zero-order chi connectivity index (χ0) is 15.2. The van der Waals surface area contributed by atoms with Crippen molar-refractivity contribution in [2.75, 3.05) is 25.0 Å². The third-order valence-electron chi connectivity index (χ3n) is 3.82. The summed E-state index contributed by atoms with van der Waals surface area (Å²) in [6.45, 7) is 9.12. The molecule has 1 aromatic heterocycles. The predicted molar refractivity (Wildman–Crippen MR) is 87.8 cm³/mol. The molecule has 6 heteroatoms. The summed E-state index contributed by atoms with van der Waals surface area (Å²) in [5.41, 5.74) is 0.996. The van der Waals surface area contributed by atoms with Gasteiger partial charge in [-0.1, -0.05) is 13.8 Å². The fourth-order valence-corrected chi connectivity index (χ4v) is 3.35. The second-order valence-corrected chi connectivity index (χ2v) is 6.74. The molecular formula is C15H26N4OS. The Balaban J connectivity index is 1.88. The maximum atomic E-state index is 12.2. The molecule has 0 aliphatic carbocycles. The molecule has 0 spiro atoms. The molecule has 1 aliphatic heterocycles. The van der Waals surface area contributed by atoms with Crippen LogP contribution in [0, 0.1) is 5.92 Å². The first-order chi connectivity index (χ1) is 10.1. The molecular weight excluding hydrogens is 284 g/mol. The van der Waals surface area contributed by atoms with Crippen LogP contribution in [0.1, 0.15) is 51.8 Å². The van der Waals surface area contributed by atoms with E-state index in [0.717, 1.165) is 38.2 Å². The summed E-state index contributed by atoms with van der Waals surface area (Å²) in [7, 11) is 0. The largest absolute Gasteiger partial charge is 0.324 e. The number of piperidine rings is 1. The van der Waals surface area contributed by atoms with Gasteiger partial charge in [-0.3, -0.25) is 5.32 Å². The average molecular weight is 310 g/mol. The van der Waals surface area contributed by atoms with Gasteiger partial charge in [0.05, 0.1) is 5.69 Å². The lowest BCUT2D eigenvalue weighted by Gasteiger charge is -2.30. The first-order valence-corrected chi connectivity index (χ1v) is 8.72. The molecule has 0 aromatic carbocycles. The van der Waals surface area contributed by atoms with Gasteiger partial charge in [0.1, 0.15) is 0 Å². The Kier molecular flexibility index (Phi) is 5.99. The summed E-state index contributed by atoms with van der Waals surface area (Å²) < 4.78 is 0. The summed E-state index contributed by atoms with van der Waals surface area (Å²) >= 11 is 1.49. The van der Waals surface area contributed by atoms with E-state index in [1.54, 1.807) is 0 Å². The van der Waals surface area contributed by atoms with Crippen LogP contribution < -0.4 is 10.6 Å². The van der Waals surface area contributed by atoms with Gasteiger partial charge in [0.25, 0.3) is 0 Å². The molecule has 21 heavy (non-hydrogen) atoms. The highest BCUT2D eigenvalue weighted by Crippen LogP contribution is 2.22. The number of urea groups is 1. The fraction of sp³-hybridized carbons (Fsp3) is 0.733. The van der Waals surface area contributed by atoms with Gasteiger partial charge in [-0.25, -0.2) is 9.78 Å². The predicted octanol–water partition coefficient (Wildman–Crippen LogP) is 3.47. The molecule has 2 heterocycles. The normalized spacial score (nSPS) is 20.3. The molecule has 2 unspecified atom stereocenters. The van der Waals surface area contributed by atoms with Crippen molar-refractivity contribution >= 4 is 22.5 Å². The van der Waals surface area contributed by atoms with Crippen LogP contribution in [0.5, 0.6) is 0 Å². The number of rotatable bonds is 5. The Morgan fingerprint density at radius 2 is 2.43 bits per heavy atom. The van der Waals surface area contributed by atoms with Crippen LogP contribution in [-0.4, -0.2) is 35.5 Å². The third kappa shape index (κ3) is 4.68. The van der Waals surface area contributed by atoms with Crippen LogP contribution in [0.4, 0.5) is 9.93 Å². The summed E-state index contributed by atoms with van der Waals surface area (Å²) in [6.07, 6.45) is 3.41. The van der Waals surface area contributed by atoms with Crippen LogP contribution in [-0.2, 0) is 0 Å². The van der Waals surface area contributed by atoms with E-state index < -0.39 is 0 Å². The Morgan fingerprint density at radius 3 is 3.14 bits per heavy atom. The average Bonchev–Trinajstić information content (AvgIpc) is 2.93. The van der Waals surface area contributed by atoms with Crippen molar-refractivity contribution in [3.05, 3.63) is 11.1 Å². The number of hydrogen-bond donors (Lipinski definition) is 2. The van der Waals surface area contributed by atoms with E-state index in [9.17, 15) is 4.79 Å². The lowest BCUT2D eigenvalue weighted by molar-refractivity contribution is 0.182. The van der Waals surface area contributed by atoms with Gasteiger partial charge in [0.15, 0.2) is 5.13 Å². The highest BCUT2D eigenvalue weighted by molar-refractivity contribution is 7.13. The Bertz CT molecular complexity index is 462. The number of likely N-dealkylation sites (tertiary alicyclic amines) is 1. The second-order valence-electron chi connectivity index (χ2n) is 5.88. The van der Waals surface area contributed by atoms with E-state index in [4.69, 9.17) is 0 Å². The molecule has 2 rings (SSSR count). The van der Waals surface area contributed by atoms with Crippen LogP contribution in [0.3, 0.4) is 0 Å². The van der Waals surface area contributed by atoms with Gasteiger partial charge >= 0.3 is 6.03 Å². The molecule has 2 atom stereocenters. The van der Waals surface area contributed by atoms with Crippen molar-refractivity contribution in [2.24, 2.45) is 5.92 Å². The number of nitrogens with one attached hydrogen (secondary N) is 2. The molecule has 1 saturated heterocycles. The fourth-order valence-electron chi connectivity index (χ4n) is 2.55. The standard InChI is InChI=1S/C15H26N4OS/c1-4-7-16-12(3)13-10-21-14(17-13)18-15(20)19-8-5-6-11(2)9-19/h10-12,16H,4-9H2,1-3H3,(H,17,18,20). The summed E-state index contributed by atoms with van der Waals surface area (Å²) in [4.78, 5) is 18.6. The maximum absolute atomic E-state index is 12.2. The summed E-state index contributed by atoms with van der Waals surface area (Å²) in [5.74, 6) is 0.592. The van der Waals surface area contributed by atoms with Crippen molar-refractivity contribution in [3.63, 3.8) is 0 Å². The molecule has 0 bridgehead atoms. The monoisotopic (exact) mass is 310 g/mol. The van der Waals surface area contributed by atoms with Crippen molar-refractivity contribution in [3.8, 4) is 0 Å². The minimum atomic E-state index is -0.0170. The summed E-state index contributed by atoms with van der Waals surface area (Å²) in [5, 5.41) is 9.04. The number of carbonyl (C=O) groups is 1. The first-order valence-electron chi connectivity index (χ1n) is 7.85. The molecule has 1 aliphatic rings. The lowest BCUT2D eigenvalue weighted by Crippen LogP contribution is -2.41. The number of thiazole rings is 1. The molecule has 2 amide bonds. The topological polar surface area (TPSA) is 57.3 Å². The Morgan fingerprint density at radius 1 is 1.62 bits per heavy atom. The number of aromatic nitrogens is 1.